The molecular weight excluding hydrogens is 320 g/mol. The molecule has 0 saturated carbocycles. The van der Waals surface area contributed by atoms with Gasteiger partial charge in [-0.1, -0.05) is 34.5 Å². The number of nitrogens with zero attached hydrogens (tertiary/aromatic N) is 1. The van der Waals surface area contributed by atoms with Gasteiger partial charge in [-0.15, -0.1) is 0 Å². The number of hydrogen-bond donors (Lipinski definition) is 1. The average Bonchev–Trinajstić information content (AvgIpc) is 2.33. The second kappa shape index (κ2) is 5.28. The van der Waals surface area contributed by atoms with E-state index in [4.69, 9.17) is 11.6 Å². The molecule has 4 nitrogen and oxygen atoms in total. The van der Waals surface area contributed by atoms with Crippen LogP contribution in [0.15, 0.2) is 22.7 Å². The number of anilines is 1. The van der Waals surface area contributed by atoms with Crippen LogP contribution in [0, 0.1) is 0 Å². The van der Waals surface area contributed by atoms with E-state index in [2.05, 4.69) is 21.2 Å². The fraction of sp³-hybridized carbons (Fsp3) is 0.333. The Hall–Kier alpha value is -1.07. The lowest BCUT2D eigenvalue weighted by Crippen LogP contribution is -2.58. The Morgan fingerprint density at radius 2 is 2.22 bits per heavy atom. The fourth-order valence-corrected chi connectivity index (χ4v) is 2.77. The summed E-state index contributed by atoms with van der Waals surface area (Å²) in [6.07, 6.45) is 0.546. The molecule has 6 heteroatoms. The van der Waals surface area contributed by atoms with E-state index in [0.29, 0.717) is 17.1 Å². The van der Waals surface area contributed by atoms with Gasteiger partial charge >= 0.3 is 0 Å². The van der Waals surface area contributed by atoms with Gasteiger partial charge in [-0.2, -0.15) is 0 Å². The largest absolute Gasteiger partial charge is 0.345 e. The van der Waals surface area contributed by atoms with E-state index >= 15 is 0 Å². The topological polar surface area (TPSA) is 49.4 Å². The molecule has 0 radical (unpaired) electrons. The van der Waals surface area contributed by atoms with E-state index in [0.717, 1.165) is 4.47 Å². The summed E-state index contributed by atoms with van der Waals surface area (Å²) >= 11 is 9.45. The molecule has 1 N–H and O–H groups in total. The number of carbonyl (C=O) groups excluding carboxylic acids is 2. The molecule has 1 aromatic rings. The maximum absolute atomic E-state index is 12.0. The molecule has 2 rings (SSSR count). The number of rotatable bonds is 2. The molecule has 0 bridgehead atoms. The van der Waals surface area contributed by atoms with Gasteiger partial charge in [0.25, 0.3) is 0 Å². The molecule has 1 fully saturated rings. The third-order valence-corrected chi connectivity index (χ3v) is 3.65. The maximum atomic E-state index is 12.0. The molecule has 1 unspecified atom stereocenters. The van der Waals surface area contributed by atoms with E-state index < -0.39 is 6.04 Å². The molecule has 0 spiro atoms. The molecule has 0 aromatic heterocycles. The van der Waals surface area contributed by atoms with Gasteiger partial charge in [-0.3, -0.25) is 14.5 Å². The van der Waals surface area contributed by atoms with Crippen LogP contribution >= 0.6 is 27.5 Å². The quantitative estimate of drug-likeness (QED) is 0.904. The van der Waals surface area contributed by atoms with Gasteiger partial charge in [0.1, 0.15) is 6.04 Å². The summed E-state index contributed by atoms with van der Waals surface area (Å²) in [6.45, 7) is 1.88. The molecular formula is C12H12BrClN2O2. The number of amides is 2. The predicted molar refractivity (Wildman–Crippen MR) is 73.7 cm³/mol. The number of carbonyl (C=O) groups is 2. The van der Waals surface area contributed by atoms with Crippen LogP contribution in [0.2, 0.25) is 5.02 Å². The maximum Gasteiger partial charge on any atom is 0.247 e. The van der Waals surface area contributed by atoms with Gasteiger partial charge in [0.05, 0.1) is 17.3 Å². The smallest absolute Gasteiger partial charge is 0.247 e. The first-order valence-corrected chi connectivity index (χ1v) is 6.76. The average molecular weight is 332 g/mol. The van der Waals surface area contributed by atoms with Crippen LogP contribution in [0.1, 0.15) is 13.3 Å². The molecule has 2 amide bonds. The lowest BCUT2D eigenvalue weighted by atomic mass is 10.1. The molecule has 1 aliphatic rings. The summed E-state index contributed by atoms with van der Waals surface area (Å²) in [5.41, 5.74) is 0.576. The third-order valence-electron chi connectivity index (χ3n) is 2.85. The fourth-order valence-electron chi connectivity index (χ4n) is 2.00. The first-order chi connectivity index (χ1) is 8.54. The summed E-state index contributed by atoms with van der Waals surface area (Å²) in [7, 11) is 0. The summed E-state index contributed by atoms with van der Waals surface area (Å²) in [4.78, 5) is 25.2. The third kappa shape index (κ3) is 2.37. The molecule has 0 aliphatic carbocycles. The SMILES string of the molecule is CCC1C(=O)NCC(=O)N1c1ccc(Br)cc1Cl. The number of halogens is 2. The van der Waals surface area contributed by atoms with Gasteiger partial charge in [0.2, 0.25) is 11.8 Å². The van der Waals surface area contributed by atoms with Crippen molar-refractivity contribution < 1.29 is 9.59 Å². The van der Waals surface area contributed by atoms with Crippen molar-refractivity contribution in [2.75, 3.05) is 11.4 Å². The highest BCUT2D eigenvalue weighted by Crippen LogP contribution is 2.31. The number of piperazine rings is 1. The highest BCUT2D eigenvalue weighted by Gasteiger charge is 2.35. The highest BCUT2D eigenvalue weighted by molar-refractivity contribution is 9.10. The zero-order valence-corrected chi connectivity index (χ0v) is 12.1. The van der Waals surface area contributed by atoms with E-state index in [-0.39, 0.29) is 18.4 Å². The first kappa shape index (κ1) is 13.4. The van der Waals surface area contributed by atoms with Gasteiger partial charge < -0.3 is 5.32 Å². The molecule has 1 aromatic carbocycles. The second-order valence-corrected chi connectivity index (χ2v) is 5.32. The van der Waals surface area contributed by atoms with Gasteiger partial charge in [-0.05, 0) is 24.6 Å². The van der Waals surface area contributed by atoms with Crippen molar-refractivity contribution in [1.29, 1.82) is 0 Å². The van der Waals surface area contributed by atoms with Crippen molar-refractivity contribution in [3.8, 4) is 0 Å². The minimum absolute atomic E-state index is 0.0156. The van der Waals surface area contributed by atoms with E-state index in [9.17, 15) is 9.59 Å². The molecule has 1 aliphatic heterocycles. The Morgan fingerprint density at radius 3 is 2.83 bits per heavy atom. The van der Waals surface area contributed by atoms with Crippen molar-refractivity contribution in [3.63, 3.8) is 0 Å². The minimum Gasteiger partial charge on any atom is -0.345 e. The highest BCUT2D eigenvalue weighted by atomic mass is 79.9. The van der Waals surface area contributed by atoms with E-state index in [1.807, 2.05) is 6.92 Å². The zero-order valence-electron chi connectivity index (χ0n) is 9.74. The summed E-state index contributed by atoms with van der Waals surface area (Å²) < 4.78 is 0.832. The predicted octanol–water partition coefficient (Wildman–Crippen LogP) is 2.34. The summed E-state index contributed by atoms with van der Waals surface area (Å²) in [6, 6.07) is 4.76. The monoisotopic (exact) mass is 330 g/mol. The van der Waals surface area contributed by atoms with Crippen LogP contribution in [0.4, 0.5) is 5.69 Å². The molecule has 96 valence electrons. The van der Waals surface area contributed by atoms with Crippen molar-refractivity contribution in [3.05, 3.63) is 27.7 Å². The molecule has 1 atom stereocenters. The number of hydrogen-bond acceptors (Lipinski definition) is 2. The normalized spacial score (nSPS) is 19.9. The van der Waals surface area contributed by atoms with Crippen molar-refractivity contribution >= 4 is 45.0 Å². The Morgan fingerprint density at radius 1 is 1.50 bits per heavy atom. The van der Waals surface area contributed by atoms with E-state index in [1.54, 1.807) is 18.2 Å². The Balaban J connectivity index is 2.44. The van der Waals surface area contributed by atoms with Crippen LogP contribution in [0.3, 0.4) is 0 Å². The molecule has 1 saturated heterocycles. The van der Waals surface area contributed by atoms with Crippen LogP contribution < -0.4 is 10.2 Å². The second-order valence-electron chi connectivity index (χ2n) is 4.00. The Labute approximate surface area is 118 Å². The van der Waals surface area contributed by atoms with Gasteiger partial charge in [0, 0.05) is 4.47 Å². The van der Waals surface area contributed by atoms with Crippen LogP contribution in [0.5, 0.6) is 0 Å². The Bertz CT molecular complexity index is 507. The van der Waals surface area contributed by atoms with Crippen LogP contribution in [-0.4, -0.2) is 24.4 Å². The van der Waals surface area contributed by atoms with Gasteiger partial charge in [0.15, 0.2) is 0 Å². The summed E-state index contributed by atoms with van der Waals surface area (Å²) in [5.74, 6) is -0.290. The van der Waals surface area contributed by atoms with Crippen LogP contribution in [0.25, 0.3) is 0 Å². The van der Waals surface area contributed by atoms with Gasteiger partial charge in [-0.25, -0.2) is 0 Å². The molecule has 1 heterocycles. The van der Waals surface area contributed by atoms with Crippen molar-refractivity contribution in [1.82, 2.24) is 5.32 Å². The molecule has 18 heavy (non-hydrogen) atoms. The zero-order chi connectivity index (χ0) is 13.3. The van der Waals surface area contributed by atoms with Crippen molar-refractivity contribution in [2.24, 2.45) is 0 Å². The van der Waals surface area contributed by atoms with Crippen LogP contribution in [-0.2, 0) is 9.59 Å². The van der Waals surface area contributed by atoms with Crippen molar-refractivity contribution in [2.45, 2.75) is 19.4 Å². The Kier molecular flexibility index (Phi) is 3.92. The first-order valence-electron chi connectivity index (χ1n) is 5.59. The number of nitrogens with one attached hydrogen (secondary N) is 1. The standard InChI is InChI=1S/C12H12BrClN2O2/c1-2-9-12(18)15-6-11(17)16(9)10-4-3-7(13)5-8(10)14/h3-5,9H,2,6H2,1H3,(H,15,18). The lowest BCUT2D eigenvalue weighted by molar-refractivity contribution is -0.131. The number of benzene rings is 1. The summed E-state index contributed by atoms with van der Waals surface area (Å²) in [5, 5.41) is 3.03. The van der Waals surface area contributed by atoms with E-state index in [1.165, 1.54) is 4.90 Å². The lowest BCUT2D eigenvalue weighted by Gasteiger charge is -2.34. The minimum atomic E-state index is -0.495.